The summed E-state index contributed by atoms with van der Waals surface area (Å²) < 4.78 is 0. The number of hydrogen-bond acceptors (Lipinski definition) is 4. The maximum absolute atomic E-state index is 12.5. The largest absolute Gasteiger partial charge is 0.356 e. The van der Waals surface area contributed by atoms with Crippen molar-refractivity contribution in [3.05, 3.63) is 35.4 Å². The van der Waals surface area contributed by atoms with Crippen LogP contribution in [0, 0.1) is 0 Å². The number of benzene rings is 1. The summed E-state index contributed by atoms with van der Waals surface area (Å²) >= 11 is 0. The van der Waals surface area contributed by atoms with Crippen LogP contribution in [0.2, 0.25) is 0 Å². The van der Waals surface area contributed by atoms with Gasteiger partial charge in [0.25, 0.3) is 5.91 Å². The number of aliphatic imine (C=N–C) groups is 1. The summed E-state index contributed by atoms with van der Waals surface area (Å²) in [7, 11) is 5.35. The van der Waals surface area contributed by atoms with E-state index in [9.17, 15) is 9.59 Å². The van der Waals surface area contributed by atoms with Crippen LogP contribution in [-0.2, 0) is 11.2 Å². The molecule has 0 aliphatic carbocycles. The smallest absolute Gasteiger partial charge is 0.253 e. The molecular formula is C24H38N6O2. The van der Waals surface area contributed by atoms with Gasteiger partial charge in [-0.05, 0) is 43.4 Å². The number of rotatable bonds is 6. The number of guanidine groups is 1. The Labute approximate surface area is 192 Å². The number of piperidine rings is 1. The molecule has 2 saturated heterocycles. The molecule has 0 aromatic heterocycles. The molecule has 0 spiro atoms. The molecule has 1 N–H and O–H groups in total. The van der Waals surface area contributed by atoms with Crippen LogP contribution in [0.15, 0.2) is 29.3 Å². The van der Waals surface area contributed by atoms with E-state index in [0.29, 0.717) is 12.1 Å². The molecule has 3 rings (SSSR count). The zero-order valence-electron chi connectivity index (χ0n) is 19.8. The molecule has 0 bridgehead atoms. The van der Waals surface area contributed by atoms with Gasteiger partial charge in [-0.15, -0.1) is 0 Å². The van der Waals surface area contributed by atoms with Crippen molar-refractivity contribution in [2.45, 2.75) is 25.7 Å². The number of nitrogens with one attached hydrogen (secondary N) is 1. The molecule has 176 valence electrons. The minimum absolute atomic E-state index is 0.0206. The summed E-state index contributed by atoms with van der Waals surface area (Å²) in [5, 5.41) is 3.45. The Morgan fingerprint density at radius 1 is 1.00 bits per heavy atom. The Bertz CT molecular complexity index is 795. The third kappa shape index (κ3) is 6.69. The Morgan fingerprint density at radius 3 is 2.38 bits per heavy atom. The number of likely N-dealkylation sites (tertiary alicyclic amines) is 1. The van der Waals surface area contributed by atoms with Gasteiger partial charge in [-0.3, -0.25) is 19.5 Å². The van der Waals surface area contributed by atoms with Crippen molar-refractivity contribution in [1.82, 2.24) is 24.9 Å². The molecule has 8 heteroatoms. The van der Waals surface area contributed by atoms with Crippen LogP contribution < -0.4 is 5.32 Å². The first-order valence-corrected chi connectivity index (χ1v) is 11.7. The zero-order valence-corrected chi connectivity index (χ0v) is 19.8. The Balaban J connectivity index is 1.42. The summed E-state index contributed by atoms with van der Waals surface area (Å²) in [6.07, 6.45) is 4.33. The number of amides is 2. The second kappa shape index (κ2) is 11.9. The highest BCUT2D eigenvalue weighted by molar-refractivity contribution is 5.94. The van der Waals surface area contributed by atoms with Crippen molar-refractivity contribution >= 4 is 17.8 Å². The second-order valence-electron chi connectivity index (χ2n) is 8.83. The third-order valence-corrected chi connectivity index (χ3v) is 6.23. The highest BCUT2D eigenvalue weighted by Crippen LogP contribution is 2.11. The van der Waals surface area contributed by atoms with E-state index < -0.39 is 0 Å². The van der Waals surface area contributed by atoms with E-state index in [1.54, 1.807) is 19.0 Å². The molecule has 1 aromatic carbocycles. The van der Waals surface area contributed by atoms with E-state index in [1.807, 2.05) is 30.1 Å². The molecule has 2 aliphatic heterocycles. The van der Waals surface area contributed by atoms with Crippen LogP contribution in [-0.4, -0.2) is 111 Å². The lowest BCUT2D eigenvalue weighted by atomic mass is 10.1. The van der Waals surface area contributed by atoms with Gasteiger partial charge in [-0.2, -0.15) is 0 Å². The van der Waals surface area contributed by atoms with Crippen molar-refractivity contribution in [2.24, 2.45) is 4.99 Å². The van der Waals surface area contributed by atoms with Crippen LogP contribution in [0.4, 0.5) is 0 Å². The first kappa shape index (κ1) is 24.0. The fraction of sp³-hybridized carbons (Fsp3) is 0.625. The van der Waals surface area contributed by atoms with E-state index in [4.69, 9.17) is 0 Å². The van der Waals surface area contributed by atoms with Crippen molar-refractivity contribution in [2.75, 3.05) is 73.5 Å². The van der Waals surface area contributed by atoms with Gasteiger partial charge < -0.3 is 20.0 Å². The molecule has 0 radical (unpaired) electrons. The van der Waals surface area contributed by atoms with Crippen LogP contribution in [0.1, 0.15) is 35.2 Å². The lowest BCUT2D eigenvalue weighted by Crippen LogP contribution is -2.54. The SMILES string of the molecule is CN=C(NCCc1cccc(C(=O)N(C)C)c1)N1CCN(CC(=O)N2CCCCC2)CC1. The van der Waals surface area contributed by atoms with E-state index >= 15 is 0 Å². The molecule has 0 unspecified atom stereocenters. The van der Waals surface area contributed by atoms with Gasteiger partial charge in [-0.25, -0.2) is 0 Å². The van der Waals surface area contributed by atoms with Gasteiger partial charge >= 0.3 is 0 Å². The highest BCUT2D eigenvalue weighted by Gasteiger charge is 2.24. The fourth-order valence-corrected chi connectivity index (χ4v) is 4.32. The maximum Gasteiger partial charge on any atom is 0.253 e. The van der Waals surface area contributed by atoms with E-state index in [0.717, 1.165) is 76.6 Å². The molecule has 0 saturated carbocycles. The molecule has 32 heavy (non-hydrogen) atoms. The normalized spacial score (nSPS) is 17.9. The monoisotopic (exact) mass is 442 g/mol. The Hall–Kier alpha value is -2.61. The number of hydrogen-bond donors (Lipinski definition) is 1. The minimum atomic E-state index is 0.0206. The molecular weight excluding hydrogens is 404 g/mol. The standard InChI is InChI=1S/C24H38N6O2/c1-25-24(26-11-10-20-8-7-9-21(18-20)23(32)27(2)3)30-16-14-28(15-17-30)19-22(31)29-12-5-4-6-13-29/h7-9,18H,4-6,10-17,19H2,1-3H3,(H,25,26). The van der Waals surface area contributed by atoms with Gasteiger partial charge in [0.05, 0.1) is 6.54 Å². The van der Waals surface area contributed by atoms with Gasteiger partial charge in [0, 0.05) is 72.5 Å². The van der Waals surface area contributed by atoms with Gasteiger partial charge in [0.2, 0.25) is 5.91 Å². The number of carbonyl (C=O) groups is 2. The van der Waals surface area contributed by atoms with Gasteiger partial charge in [0.1, 0.15) is 0 Å². The lowest BCUT2D eigenvalue weighted by Gasteiger charge is -2.37. The number of nitrogens with zero attached hydrogens (tertiary/aromatic N) is 5. The molecule has 2 aliphatic rings. The van der Waals surface area contributed by atoms with Crippen LogP contribution in [0.5, 0.6) is 0 Å². The maximum atomic E-state index is 12.5. The number of carbonyl (C=O) groups excluding carboxylic acids is 2. The third-order valence-electron chi connectivity index (χ3n) is 6.23. The first-order valence-electron chi connectivity index (χ1n) is 11.7. The zero-order chi connectivity index (χ0) is 22.9. The van der Waals surface area contributed by atoms with E-state index in [-0.39, 0.29) is 11.8 Å². The summed E-state index contributed by atoms with van der Waals surface area (Å²) in [6, 6.07) is 7.80. The molecule has 1 aromatic rings. The summed E-state index contributed by atoms with van der Waals surface area (Å²) in [5.41, 5.74) is 1.84. The van der Waals surface area contributed by atoms with Gasteiger partial charge in [-0.1, -0.05) is 12.1 Å². The van der Waals surface area contributed by atoms with Crippen LogP contribution in [0.25, 0.3) is 0 Å². The van der Waals surface area contributed by atoms with Crippen LogP contribution in [0.3, 0.4) is 0 Å². The summed E-state index contributed by atoms with van der Waals surface area (Å²) in [6.45, 7) is 6.58. The predicted molar refractivity (Wildman–Crippen MR) is 128 cm³/mol. The first-order chi connectivity index (χ1) is 15.5. The number of piperazine rings is 1. The average Bonchev–Trinajstić information content (AvgIpc) is 2.82. The Morgan fingerprint density at radius 2 is 1.72 bits per heavy atom. The van der Waals surface area contributed by atoms with Crippen molar-refractivity contribution < 1.29 is 9.59 Å². The topological polar surface area (TPSA) is 71.5 Å². The minimum Gasteiger partial charge on any atom is -0.356 e. The van der Waals surface area contributed by atoms with Crippen molar-refractivity contribution in [3.8, 4) is 0 Å². The second-order valence-corrected chi connectivity index (χ2v) is 8.83. The summed E-state index contributed by atoms with van der Waals surface area (Å²) in [4.78, 5) is 37.3. The molecule has 2 heterocycles. The Kier molecular flexibility index (Phi) is 8.90. The lowest BCUT2D eigenvalue weighted by molar-refractivity contribution is -0.133. The molecule has 8 nitrogen and oxygen atoms in total. The quantitative estimate of drug-likeness (QED) is 0.528. The van der Waals surface area contributed by atoms with E-state index in [1.165, 1.54) is 6.42 Å². The molecule has 0 atom stereocenters. The summed E-state index contributed by atoms with van der Waals surface area (Å²) in [5.74, 6) is 1.19. The average molecular weight is 443 g/mol. The highest BCUT2D eigenvalue weighted by atomic mass is 16.2. The molecule has 2 fully saturated rings. The van der Waals surface area contributed by atoms with Crippen molar-refractivity contribution in [1.29, 1.82) is 0 Å². The molecule has 2 amide bonds. The fourth-order valence-electron chi connectivity index (χ4n) is 4.32. The van der Waals surface area contributed by atoms with Crippen molar-refractivity contribution in [3.63, 3.8) is 0 Å². The van der Waals surface area contributed by atoms with Crippen LogP contribution >= 0.6 is 0 Å². The predicted octanol–water partition coefficient (Wildman–Crippen LogP) is 1.14. The van der Waals surface area contributed by atoms with Gasteiger partial charge in [0.15, 0.2) is 5.96 Å². The van der Waals surface area contributed by atoms with E-state index in [2.05, 4.69) is 26.2 Å².